The first-order valence-electron chi connectivity index (χ1n) is 7.82. The number of aryl methyl sites for hydroxylation is 2. The molecule has 0 saturated carbocycles. The van der Waals surface area contributed by atoms with E-state index in [1.807, 2.05) is 6.92 Å². The molecule has 2 N–H and O–H groups in total. The number of imidazole rings is 1. The van der Waals surface area contributed by atoms with E-state index in [0.717, 1.165) is 50.7 Å². The summed E-state index contributed by atoms with van der Waals surface area (Å²) in [5.74, 6) is 1.04. The van der Waals surface area contributed by atoms with Crippen molar-refractivity contribution >= 4 is 5.95 Å². The maximum Gasteiger partial charge on any atom is 0.205 e. The van der Waals surface area contributed by atoms with Crippen LogP contribution in [0.5, 0.6) is 0 Å². The maximum atomic E-state index is 5.98. The van der Waals surface area contributed by atoms with Crippen LogP contribution in [0.25, 0.3) is 0 Å². The number of hydrogen-bond acceptors (Lipinski definition) is 5. The zero-order valence-electron chi connectivity index (χ0n) is 13.4. The van der Waals surface area contributed by atoms with Crippen LogP contribution in [0.3, 0.4) is 0 Å². The molecule has 120 valence electrons. The third-order valence-corrected chi connectivity index (χ3v) is 3.88. The topological polar surface area (TPSA) is 65.5 Å². The van der Waals surface area contributed by atoms with Gasteiger partial charge in [0.2, 0.25) is 5.95 Å². The Morgan fingerprint density at radius 1 is 1.57 bits per heavy atom. The van der Waals surface area contributed by atoms with Crippen molar-refractivity contribution in [3.8, 4) is 0 Å². The number of nitrogens with two attached hydrogens (primary N) is 1. The number of morpholine rings is 1. The first-order valence-corrected chi connectivity index (χ1v) is 7.82. The first kappa shape index (κ1) is 16.3. The van der Waals surface area contributed by atoms with Gasteiger partial charge >= 0.3 is 0 Å². The minimum Gasteiger partial charge on any atom is -0.385 e. The average Bonchev–Trinajstić information content (AvgIpc) is 2.91. The second-order valence-corrected chi connectivity index (χ2v) is 5.64. The van der Waals surface area contributed by atoms with Crippen LogP contribution in [0.2, 0.25) is 0 Å². The van der Waals surface area contributed by atoms with E-state index in [9.17, 15) is 0 Å². The van der Waals surface area contributed by atoms with Crippen LogP contribution in [0.15, 0.2) is 6.20 Å². The van der Waals surface area contributed by atoms with Crippen LogP contribution in [-0.4, -0.2) is 55.1 Å². The van der Waals surface area contributed by atoms with Gasteiger partial charge in [0.05, 0.1) is 18.4 Å². The number of rotatable bonds is 7. The molecule has 1 aliphatic rings. The Morgan fingerprint density at radius 2 is 2.38 bits per heavy atom. The van der Waals surface area contributed by atoms with Crippen molar-refractivity contribution in [3.63, 3.8) is 0 Å². The van der Waals surface area contributed by atoms with Gasteiger partial charge in [-0.15, -0.1) is 0 Å². The summed E-state index contributed by atoms with van der Waals surface area (Å²) in [7, 11) is 1.74. The molecule has 1 aromatic rings. The molecule has 2 heterocycles. The molecule has 0 aliphatic carbocycles. The SMILES string of the molecule is CCc1cn(CCCOC)c(N2CCOC(C(C)N)C2)n1. The molecular weight excluding hydrogens is 268 g/mol. The molecule has 21 heavy (non-hydrogen) atoms. The van der Waals surface area contributed by atoms with Crippen molar-refractivity contribution in [2.45, 2.75) is 45.4 Å². The molecule has 0 spiro atoms. The lowest BCUT2D eigenvalue weighted by molar-refractivity contribution is 0.0268. The molecule has 1 saturated heterocycles. The lowest BCUT2D eigenvalue weighted by Crippen LogP contribution is -2.50. The Morgan fingerprint density at radius 3 is 3.05 bits per heavy atom. The van der Waals surface area contributed by atoms with Crippen molar-refractivity contribution in [2.75, 3.05) is 38.3 Å². The van der Waals surface area contributed by atoms with Crippen LogP contribution in [-0.2, 0) is 22.4 Å². The molecule has 0 radical (unpaired) electrons. The van der Waals surface area contributed by atoms with Crippen molar-refractivity contribution in [2.24, 2.45) is 5.73 Å². The van der Waals surface area contributed by atoms with Gasteiger partial charge in [0, 0.05) is 45.6 Å². The second-order valence-electron chi connectivity index (χ2n) is 5.64. The monoisotopic (exact) mass is 296 g/mol. The largest absolute Gasteiger partial charge is 0.385 e. The number of anilines is 1. The highest BCUT2D eigenvalue weighted by Gasteiger charge is 2.26. The number of nitrogens with zero attached hydrogens (tertiary/aromatic N) is 3. The molecule has 1 aliphatic heterocycles. The predicted octanol–water partition coefficient (Wildman–Crippen LogP) is 1.03. The van der Waals surface area contributed by atoms with Gasteiger partial charge in [-0.2, -0.15) is 0 Å². The molecule has 0 amide bonds. The fraction of sp³-hybridized carbons (Fsp3) is 0.800. The fourth-order valence-electron chi connectivity index (χ4n) is 2.60. The third kappa shape index (κ3) is 4.18. The van der Waals surface area contributed by atoms with Crippen molar-refractivity contribution in [3.05, 3.63) is 11.9 Å². The van der Waals surface area contributed by atoms with Crippen molar-refractivity contribution in [1.82, 2.24) is 9.55 Å². The summed E-state index contributed by atoms with van der Waals surface area (Å²) < 4.78 is 13.1. The molecule has 2 atom stereocenters. The Hall–Kier alpha value is -1.11. The molecular formula is C15H28N4O2. The lowest BCUT2D eigenvalue weighted by atomic mass is 10.1. The van der Waals surface area contributed by atoms with Gasteiger partial charge in [0.1, 0.15) is 0 Å². The van der Waals surface area contributed by atoms with Crippen molar-refractivity contribution < 1.29 is 9.47 Å². The van der Waals surface area contributed by atoms with Gasteiger partial charge < -0.3 is 24.7 Å². The van der Waals surface area contributed by atoms with Crippen LogP contribution in [0, 0.1) is 0 Å². The minimum absolute atomic E-state index is 0.0374. The molecule has 0 bridgehead atoms. The van der Waals surface area contributed by atoms with Crippen LogP contribution in [0.4, 0.5) is 5.95 Å². The molecule has 6 heteroatoms. The summed E-state index contributed by atoms with van der Waals surface area (Å²) in [5.41, 5.74) is 7.11. The van der Waals surface area contributed by atoms with Crippen LogP contribution < -0.4 is 10.6 Å². The minimum atomic E-state index is 0.0374. The van der Waals surface area contributed by atoms with E-state index < -0.39 is 0 Å². The third-order valence-electron chi connectivity index (χ3n) is 3.88. The molecule has 1 aromatic heterocycles. The van der Waals surface area contributed by atoms with Gasteiger partial charge in [-0.1, -0.05) is 6.92 Å². The lowest BCUT2D eigenvalue weighted by Gasteiger charge is -2.35. The van der Waals surface area contributed by atoms with Gasteiger partial charge in [-0.3, -0.25) is 0 Å². The van der Waals surface area contributed by atoms with E-state index >= 15 is 0 Å². The van der Waals surface area contributed by atoms with Crippen LogP contribution in [0.1, 0.15) is 26.0 Å². The molecule has 2 rings (SSSR count). The Balaban J connectivity index is 2.10. The Bertz CT molecular complexity index is 433. The smallest absolute Gasteiger partial charge is 0.205 e. The van der Waals surface area contributed by atoms with E-state index in [-0.39, 0.29) is 12.1 Å². The first-order chi connectivity index (χ1) is 10.2. The van der Waals surface area contributed by atoms with E-state index in [2.05, 4.69) is 22.6 Å². The average molecular weight is 296 g/mol. The van der Waals surface area contributed by atoms with E-state index in [4.69, 9.17) is 20.2 Å². The second kappa shape index (κ2) is 7.77. The number of hydrogen-bond donors (Lipinski definition) is 1. The standard InChI is InChI=1S/C15H28N4O2/c1-4-13-10-18(6-5-8-20-3)15(17-13)19-7-9-21-14(11-19)12(2)16/h10,12,14H,4-9,11,16H2,1-3H3. The normalized spacial score (nSPS) is 20.8. The van der Waals surface area contributed by atoms with E-state index in [1.165, 1.54) is 0 Å². The Kier molecular flexibility index (Phi) is 6.02. The summed E-state index contributed by atoms with van der Waals surface area (Å²) in [6, 6.07) is 0.0374. The summed E-state index contributed by atoms with van der Waals surface area (Å²) in [5, 5.41) is 0. The molecule has 2 unspecified atom stereocenters. The molecule has 6 nitrogen and oxygen atoms in total. The number of aromatic nitrogens is 2. The van der Waals surface area contributed by atoms with Gasteiger partial charge in [0.15, 0.2) is 0 Å². The zero-order valence-corrected chi connectivity index (χ0v) is 13.4. The summed E-state index contributed by atoms with van der Waals surface area (Å²) in [4.78, 5) is 7.07. The maximum absolute atomic E-state index is 5.98. The summed E-state index contributed by atoms with van der Waals surface area (Å²) in [6.45, 7) is 8.21. The predicted molar refractivity (Wildman–Crippen MR) is 83.7 cm³/mol. The summed E-state index contributed by atoms with van der Waals surface area (Å²) in [6.07, 6.45) is 4.17. The zero-order chi connectivity index (χ0) is 15.2. The highest BCUT2D eigenvalue weighted by molar-refractivity contribution is 5.34. The highest BCUT2D eigenvalue weighted by Crippen LogP contribution is 2.19. The van der Waals surface area contributed by atoms with Crippen molar-refractivity contribution in [1.29, 1.82) is 0 Å². The van der Waals surface area contributed by atoms with Crippen LogP contribution >= 0.6 is 0 Å². The number of ether oxygens (including phenoxy) is 2. The van der Waals surface area contributed by atoms with Gasteiger partial charge in [-0.25, -0.2) is 4.98 Å². The molecule has 1 fully saturated rings. The Labute approximate surface area is 127 Å². The quantitative estimate of drug-likeness (QED) is 0.762. The summed E-state index contributed by atoms with van der Waals surface area (Å²) >= 11 is 0. The van der Waals surface area contributed by atoms with E-state index in [1.54, 1.807) is 7.11 Å². The highest BCUT2D eigenvalue weighted by atomic mass is 16.5. The van der Waals surface area contributed by atoms with Gasteiger partial charge in [-0.05, 0) is 19.8 Å². The number of methoxy groups -OCH3 is 1. The fourth-order valence-corrected chi connectivity index (χ4v) is 2.60. The van der Waals surface area contributed by atoms with Gasteiger partial charge in [0.25, 0.3) is 0 Å². The van der Waals surface area contributed by atoms with E-state index in [0.29, 0.717) is 6.61 Å². The molecule has 0 aromatic carbocycles.